The Morgan fingerprint density at radius 1 is 0.676 bits per heavy atom. The first-order valence-corrected chi connectivity index (χ1v) is 12.7. The fraction of sp³-hybridized carbons (Fsp3) is 0.182. The predicted molar refractivity (Wildman–Crippen MR) is 143 cm³/mol. The van der Waals surface area contributed by atoms with Gasteiger partial charge in [-0.15, -0.1) is 0 Å². The molecule has 8 rings (SSSR count). The molecule has 5 aromatic rings. The van der Waals surface area contributed by atoms with Gasteiger partial charge in [0.05, 0.1) is 5.41 Å². The van der Waals surface area contributed by atoms with Crippen molar-refractivity contribution in [3.8, 4) is 17.2 Å². The van der Waals surface area contributed by atoms with Gasteiger partial charge in [0.25, 0.3) is 5.78 Å². The fourth-order valence-electron chi connectivity index (χ4n) is 6.82. The summed E-state index contributed by atoms with van der Waals surface area (Å²) in [4.78, 5) is 14.4. The van der Waals surface area contributed by atoms with E-state index in [1.165, 1.54) is 0 Å². The van der Waals surface area contributed by atoms with Crippen molar-refractivity contribution in [2.24, 2.45) is 0 Å². The number of carbonyl (C=O) groups is 1. The highest BCUT2D eigenvalue weighted by Gasteiger charge is 2.70. The maximum atomic E-state index is 14.4. The second-order valence-corrected chi connectivity index (χ2v) is 10.6. The summed E-state index contributed by atoms with van der Waals surface area (Å²) in [7, 11) is 0. The number of hydrogen-bond donors (Lipinski definition) is 0. The third-order valence-corrected chi connectivity index (χ3v) is 8.60. The smallest absolute Gasteiger partial charge is 0.355 e. The topological polar surface area (TPSA) is 44.8 Å². The van der Waals surface area contributed by atoms with Gasteiger partial charge in [-0.05, 0) is 54.3 Å². The minimum atomic E-state index is -1.64. The summed E-state index contributed by atoms with van der Waals surface area (Å²) in [5.41, 5.74) is 4.06. The Morgan fingerprint density at radius 3 is 2.00 bits per heavy atom. The molecule has 0 fully saturated rings. The second-order valence-electron chi connectivity index (χ2n) is 10.6. The van der Waals surface area contributed by atoms with E-state index in [0.29, 0.717) is 22.8 Å². The van der Waals surface area contributed by atoms with Crippen molar-refractivity contribution in [1.29, 1.82) is 0 Å². The van der Waals surface area contributed by atoms with E-state index in [2.05, 4.69) is 38.1 Å². The van der Waals surface area contributed by atoms with Crippen LogP contribution in [-0.4, -0.2) is 17.7 Å². The van der Waals surface area contributed by atoms with Crippen LogP contribution in [0.15, 0.2) is 84.9 Å². The molecule has 0 aromatic heterocycles. The number of Topliss-reactive ketones (excluding diaryl/α,β-unsaturated/α-hetero) is 1. The largest absolute Gasteiger partial charge is 0.476 e. The Hall–Kier alpha value is -4.31. The fourth-order valence-corrected chi connectivity index (χ4v) is 6.82. The zero-order valence-corrected chi connectivity index (χ0v) is 20.8. The molecule has 2 aliphatic heterocycles. The molecule has 180 valence electrons. The summed E-state index contributed by atoms with van der Waals surface area (Å²) in [5.74, 6) is 0.0210. The van der Waals surface area contributed by atoms with Crippen molar-refractivity contribution in [3.05, 3.63) is 113 Å². The van der Waals surface area contributed by atoms with Crippen molar-refractivity contribution in [2.45, 2.75) is 38.1 Å². The quantitative estimate of drug-likeness (QED) is 0.236. The number of carbonyl (C=O) groups excluding carboxylic acids is 1. The molecular weight excluding hydrogens is 460 g/mol. The van der Waals surface area contributed by atoms with Crippen molar-refractivity contribution in [1.82, 2.24) is 0 Å². The Labute approximate surface area is 214 Å². The number of ketones is 1. The summed E-state index contributed by atoms with van der Waals surface area (Å²) in [6.07, 6.45) is -0.714. The van der Waals surface area contributed by atoms with E-state index in [-0.39, 0.29) is 5.78 Å². The lowest BCUT2D eigenvalue weighted by Crippen LogP contribution is -2.73. The van der Waals surface area contributed by atoms with E-state index in [1.54, 1.807) is 0 Å². The van der Waals surface area contributed by atoms with Gasteiger partial charge in [-0.3, -0.25) is 4.79 Å². The van der Waals surface area contributed by atoms with E-state index in [1.807, 2.05) is 67.6 Å². The Kier molecular flexibility index (Phi) is 3.78. The van der Waals surface area contributed by atoms with Gasteiger partial charge >= 0.3 is 5.79 Å². The minimum absolute atomic E-state index is 0.211. The van der Waals surface area contributed by atoms with Gasteiger partial charge in [0.15, 0.2) is 17.6 Å². The lowest BCUT2D eigenvalue weighted by Gasteiger charge is -2.56. The highest BCUT2D eigenvalue weighted by molar-refractivity contribution is 6.08. The minimum Gasteiger partial charge on any atom is -0.476 e. The molecule has 0 radical (unpaired) electrons. The SMILES string of the molecule is Cc1cc2c(c3ccccc13)O[C@@H]1[C@@]3(O2)Oc2c(cc(C)c4ccccc24)[C@@]1(C)c1ccccc1C3=O. The standard InChI is InChI=1S/C33H24O4/c1-18-16-26-28(22-12-6-4-10-20(18)22)37-33-30(34)24-14-8-9-15-25(24)32(26,3)31(33)35-29-23-13-7-5-11-21(23)19(2)17-27(29)36-33/h4-17,31H,1-3H3/t31-,32+,33-/m0/s1. The molecule has 3 aliphatic rings. The molecule has 5 aromatic carbocycles. The number of hydrogen-bond acceptors (Lipinski definition) is 4. The number of fused-ring (bicyclic) bond motifs is 9. The van der Waals surface area contributed by atoms with Crippen LogP contribution in [0.25, 0.3) is 21.5 Å². The second kappa shape index (κ2) is 6.71. The van der Waals surface area contributed by atoms with Crippen LogP contribution >= 0.6 is 0 Å². The summed E-state index contributed by atoms with van der Waals surface area (Å²) in [6, 6.07) is 28.3. The van der Waals surface area contributed by atoms with Crippen molar-refractivity contribution >= 4 is 27.3 Å². The number of rotatable bonds is 0. The van der Waals surface area contributed by atoms with Crippen LogP contribution in [0.1, 0.15) is 39.5 Å². The molecule has 0 amide bonds. The van der Waals surface area contributed by atoms with Gasteiger partial charge in [0.1, 0.15) is 5.75 Å². The van der Waals surface area contributed by atoms with Crippen molar-refractivity contribution in [2.75, 3.05) is 0 Å². The molecule has 2 bridgehead atoms. The highest BCUT2D eigenvalue weighted by Crippen LogP contribution is 2.60. The first-order chi connectivity index (χ1) is 17.9. The Bertz CT molecular complexity index is 1840. The van der Waals surface area contributed by atoms with Crippen LogP contribution in [-0.2, 0) is 5.41 Å². The number of benzene rings is 5. The average molecular weight is 485 g/mol. The number of aryl methyl sites for hydroxylation is 2. The zero-order valence-electron chi connectivity index (χ0n) is 20.8. The van der Waals surface area contributed by atoms with Gasteiger partial charge in [-0.25, -0.2) is 0 Å². The third-order valence-electron chi connectivity index (χ3n) is 8.60. The maximum absolute atomic E-state index is 14.4. The molecule has 3 atom stereocenters. The summed E-state index contributed by atoms with van der Waals surface area (Å²) < 4.78 is 20.5. The first kappa shape index (κ1) is 20.8. The first-order valence-electron chi connectivity index (χ1n) is 12.7. The maximum Gasteiger partial charge on any atom is 0.355 e. The molecule has 4 heteroatoms. The highest BCUT2D eigenvalue weighted by atomic mass is 16.7. The molecule has 0 N–H and O–H groups in total. The molecule has 2 heterocycles. The molecule has 0 spiro atoms. The Morgan fingerprint density at radius 2 is 1.27 bits per heavy atom. The van der Waals surface area contributed by atoms with Crippen LogP contribution < -0.4 is 14.2 Å². The van der Waals surface area contributed by atoms with Crippen molar-refractivity contribution < 1.29 is 19.0 Å². The zero-order chi connectivity index (χ0) is 25.1. The van der Waals surface area contributed by atoms with E-state index < -0.39 is 17.3 Å². The van der Waals surface area contributed by atoms with Gasteiger partial charge in [0.2, 0.25) is 0 Å². The van der Waals surface area contributed by atoms with Gasteiger partial charge in [-0.2, -0.15) is 0 Å². The van der Waals surface area contributed by atoms with Gasteiger partial charge in [0, 0.05) is 21.9 Å². The molecule has 4 nitrogen and oxygen atoms in total. The van der Waals surface area contributed by atoms with Crippen LogP contribution in [0.3, 0.4) is 0 Å². The lowest BCUT2D eigenvalue weighted by atomic mass is 9.60. The van der Waals surface area contributed by atoms with E-state index in [4.69, 9.17) is 14.2 Å². The van der Waals surface area contributed by atoms with E-state index in [9.17, 15) is 4.79 Å². The predicted octanol–water partition coefficient (Wildman–Crippen LogP) is 7.04. The molecule has 0 saturated carbocycles. The van der Waals surface area contributed by atoms with Crippen LogP contribution in [0.2, 0.25) is 0 Å². The van der Waals surface area contributed by atoms with Crippen LogP contribution in [0.5, 0.6) is 17.2 Å². The summed E-state index contributed by atoms with van der Waals surface area (Å²) in [5, 5.41) is 4.13. The molecular formula is C33H24O4. The summed E-state index contributed by atoms with van der Waals surface area (Å²) >= 11 is 0. The van der Waals surface area contributed by atoms with Gasteiger partial charge in [-0.1, -0.05) is 78.9 Å². The summed E-state index contributed by atoms with van der Waals surface area (Å²) in [6.45, 7) is 6.33. The van der Waals surface area contributed by atoms with E-state index >= 15 is 0 Å². The molecule has 0 saturated heterocycles. The Balaban J connectivity index is 1.50. The molecule has 1 aliphatic carbocycles. The van der Waals surface area contributed by atoms with E-state index in [0.717, 1.165) is 43.8 Å². The average Bonchev–Trinajstić information content (AvgIpc) is 2.93. The number of ether oxygens (including phenoxy) is 3. The van der Waals surface area contributed by atoms with Crippen LogP contribution in [0.4, 0.5) is 0 Å². The lowest BCUT2D eigenvalue weighted by molar-refractivity contribution is -0.187. The third kappa shape index (κ3) is 2.36. The molecule has 37 heavy (non-hydrogen) atoms. The molecule has 0 unspecified atom stereocenters. The normalized spacial score (nSPS) is 24.7. The van der Waals surface area contributed by atoms with Crippen LogP contribution in [0, 0.1) is 13.8 Å². The monoisotopic (exact) mass is 484 g/mol. The van der Waals surface area contributed by atoms with Crippen molar-refractivity contribution in [3.63, 3.8) is 0 Å². The van der Waals surface area contributed by atoms with Gasteiger partial charge < -0.3 is 14.2 Å².